The predicted octanol–water partition coefficient (Wildman–Crippen LogP) is 0.454. The molecule has 1 aromatic carbocycles. The molecule has 1 aromatic rings. The molecule has 0 radical (unpaired) electrons. The Morgan fingerprint density at radius 2 is 2.22 bits per heavy atom. The van der Waals surface area contributed by atoms with E-state index in [0.29, 0.717) is 0 Å². The molecule has 0 heterocycles. The molecule has 18 heavy (non-hydrogen) atoms. The van der Waals surface area contributed by atoms with E-state index in [9.17, 15) is 9.59 Å². The largest absolute Gasteiger partial charge is 0.382 e. The molecule has 0 saturated carbocycles. The van der Waals surface area contributed by atoms with Crippen LogP contribution >= 0.6 is 0 Å². The summed E-state index contributed by atoms with van der Waals surface area (Å²) < 4.78 is 64.3. The standard InChI is InChI=1S/C13H18N2O3/c1-10(16)15-12(9-18-2)13(17)14-8-11-6-4-3-5-7-11/h3-7,12H,8-9H2,1-2H3,(H,14,17)(H,15,16)/i2D3,8D2,9D2,12D. The van der Waals surface area contributed by atoms with Crippen molar-refractivity contribution in [2.75, 3.05) is 13.6 Å². The van der Waals surface area contributed by atoms with Crippen LogP contribution in [0.2, 0.25) is 0 Å². The van der Waals surface area contributed by atoms with E-state index in [-0.39, 0.29) is 5.56 Å². The second kappa shape index (κ2) is 7.45. The van der Waals surface area contributed by atoms with Crippen molar-refractivity contribution < 1.29 is 25.3 Å². The van der Waals surface area contributed by atoms with Crippen LogP contribution < -0.4 is 10.6 Å². The second-order valence-corrected chi connectivity index (χ2v) is 3.21. The lowest BCUT2D eigenvalue weighted by Crippen LogP contribution is -2.48. The molecule has 1 rings (SSSR count). The van der Waals surface area contributed by atoms with Crippen LogP contribution in [0.15, 0.2) is 30.3 Å². The number of rotatable bonds is 6. The molecule has 0 saturated heterocycles. The summed E-state index contributed by atoms with van der Waals surface area (Å²) in [6, 6.07) is 4.03. The molecule has 0 aromatic heterocycles. The van der Waals surface area contributed by atoms with Gasteiger partial charge in [-0.25, -0.2) is 0 Å². The zero-order valence-electron chi connectivity index (χ0n) is 17.6. The van der Waals surface area contributed by atoms with Crippen molar-refractivity contribution in [2.45, 2.75) is 19.4 Å². The van der Waals surface area contributed by atoms with E-state index in [1.165, 1.54) is 24.3 Å². The number of carbonyl (C=O) groups excluding carboxylic acids is 2. The lowest BCUT2D eigenvalue weighted by atomic mass is 10.2. The molecule has 1 atom stereocenters. The Labute approximate surface area is 118 Å². The Morgan fingerprint density at radius 1 is 1.50 bits per heavy atom. The summed E-state index contributed by atoms with van der Waals surface area (Å²) in [5.41, 5.74) is -0.00386. The third-order valence-corrected chi connectivity index (χ3v) is 1.78. The van der Waals surface area contributed by atoms with Crippen molar-refractivity contribution >= 4 is 11.8 Å². The predicted molar refractivity (Wildman–Crippen MR) is 67.8 cm³/mol. The van der Waals surface area contributed by atoms with Gasteiger partial charge in [-0.2, -0.15) is 0 Å². The topological polar surface area (TPSA) is 67.4 Å². The summed E-state index contributed by atoms with van der Waals surface area (Å²) in [7, 11) is -3.31. The van der Waals surface area contributed by atoms with Gasteiger partial charge in [0.1, 0.15) is 6.02 Å². The Kier molecular flexibility index (Phi) is 2.62. The maximum absolute atomic E-state index is 12.5. The number of ether oxygens (including phenoxy) is 1. The van der Waals surface area contributed by atoms with Gasteiger partial charge in [0.25, 0.3) is 0 Å². The first-order valence-corrected chi connectivity index (χ1v) is 4.98. The smallest absolute Gasteiger partial charge is 0.245 e. The number of methoxy groups -OCH3 is 1. The maximum atomic E-state index is 12.5. The van der Waals surface area contributed by atoms with Crippen molar-refractivity contribution in [1.82, 2.24) is 10.6 Å². The Bertz CT molecular complexity index is 665. The third kappa shape index (κ3) is 4.97. The monoisotopic (exact) mass is 258 g/mol. The van der Waals surface area contributed by atoms with Crippen LogP contribution in [-0.2, 0) is 20.8 Å². The molecule has 2 N–H and O–H groups in total. The highest BCUT2D eigenvalue weighted by atomic mass is 16.5. The second-order valence-electron chi connectivity index (χ2n) is 3.21. The van der Waals surface area contributed by atoms with Gasteiger partial charge in [-0.1, -0.05) is 30.3 Å². The average Bonchev–Trinajstić information content (AvgIpc) is 2.44. The fourth-order valence-electron chi connectivity index (χ4n) is 1.07. The molecular formula is C13H18N2O3. The quantitative estimate of drug-likeness (QED) is 0.778. The van der Waals surface area contributed by atoms with E-state index < -0.39 is 37.9 Å². The number of nitrogens with one attached hydrogen (secondary N) is 2. The normalized spacial score (nSPS) is 22.3. The molecule has 0 spiro atoms. The number of amides is 2. The van der Waals surface area contributed by atoms with E-state index in [0.717, 1.165) is 6.92 Å². The molecule has 5 heteroatoms. The van der Waals surface area contributed by atoms with Crippen molar-refractivity contribution in [3.8, 4) is 0 Å². The molecule has 1 unspecified atom stereocenters. The maximum Gasteiger partial charge on any atom is 0.245 e. The van der Waals surface area contributed by atoms with Crippen LogP contribution in [0.1, 0.15) is 23.5 Å². The van der Waals surface area contributed by atoms with Gasteiger partial charge in [-0.05, 0) is 5.56 Å². The zero-order valence-corrected chi connectivity index (χ0v) is 9.61. The highest BCUT2D eigenvalue weighted by Gasteiger charge is 2.18. The molecule has 0 bridgehead atoms. The van der Waals surface area contributed by atoms with Gasteiger partial charge in [0.05, 0.1) is 17.5 Å². The van der Waals surface area contributed by atoms with E-state index in [4.69, 9.17) is 11.0 Å². The van der Waals surface area contributed by atoms with Gasteiger partial charge in [-0.15, -0.1) is 0 Å². The van der Waals surface area contributed by atoms with Crippen LogP contribution in [0, 0.1) is 0 Å². The minimum Gasteiger partial charge on any atom is -0.382 e. The lowest BCUT2D eigenvalue weighted by molar-refractivity contribution is -0.129. The SMILES string of the molecule is [2H]C([2H])([2H])OC([2H])([2H])C([2H])(NC(C)=O)C(=O)NC([2H])([2H])c1ccccc1. The summed E-state index contributed by atoms with van der Waals surface area (Å²) in [4.78, 5) is 23.8. The molecule has 98 valence electrons. The summed E-state index contributed by atoms with van der Waals surface area (Å²) in [5, 5.41) is 3.49. The van der Waals surface area contributed by atoms with Crippen molar-refractivity contribution in [1.29, 1.82) is 0 Å². The first-order chi connectivity index (χ1) is 11.6. The Balaban J connectivity index is 3.23. The van der Waals surface area contributed by atoms with E-state index in [1.54, 1.807) is 16.7 Å². The molecule has 0 aliphatic heterocycles. The summed E-state index contributed by atoms with van der Waals surface area (Å²) in [5.74, 6) is -2.65. The first-order valence-electron chi connectivity index (χ1n) is 8.98. The van der Waals surface area contributed by atoms with Crippen LogP contribution in [0.3, 0.4) is 0 Å². The van der Waals surface area contributed by atoms with Crippen molar-refractivity contribution in [3.05, 3.63) is 35.9 Å². The van der Waals surface area contributed by atoms with E-state index >= 15 is 0 Å². The Morgan fingerprint density at radius 3 is 2.83 bits per heavy atom. The van der Waals surface area contributed by atoms with Gasteiger partial charge in [0.15, 0.2) is 0 Å². The van der Waals surface area contributed by atoms with E-state index in [1.807, 2.05) is 0 Å². The van der Waals surface area contributed by atoms with Gasteiger partial charge in [-0.3, -0.25) is 9.59 Å². The summed E-state index contributed by atoms with van der Waals surface area (Å²) >= 11 is 0. The van der Waals surface area contributed by atoms with Crippen LogP contribution in [0.4, 0.5) is 0 Å². The fourth-order valence-corrected chi connectivity index (χ4v) is 1.07. The van der Waals surface area contributed by atoms with Crippen molar-refractivity contribution in [2.24, 2.45) is 0 Å². The number of benzene rings is 1. The fraction of sp³-hybridized carbons (Fsp3) is 0.385. The summed E-state index contributed by atoms with van der Waals surface area (Å²) in [6.07, 6.45) is 0. The molecule has 0 fully saturated rings. The highest BCUT2D eigenvalue weighted by molar-refractivity contribution is 5.86. The van der Waals surface area contributed by atoms with E-state index in [2.05, 4.69) is 4.74 Å². The van der Waals surface area contributed by atoms with Gasteiger partial charge >= 0.3 is 0 Å². The van der Waals surface area contributed by atoms with Gasteiger partial charge in [0, 0.05) is 20.5 Å². The molecule has 5 nitrogen and oxygen atoms in total. The first kappa shape index (κ1) is 6.33. The number of hydrogen-bond donors (Lipinski definition) is 2. The zero-order chi connectivity index (χ0) is 20.4. The Hall–Kier alpha value is -1.88. The molecule has 0 aliphatic carbocycles. The molecule has 2 amide bonds. The van der Waals surface area contributed by atoms with Gasteiger partial charge < -0.3 is 15.4 Å². The van der Waals surface area contributed by atoms with Crippen molar-refractivity contribution in [3.63, 3.8) is 0 Å². The summed E-state index contributed by atoms with van der Waals surface area (Å²) in [6.45, 7) is -5.15. The highest BCUT2D eigenvalue weighted by Crippen LogP contribution is 1.97. The number of carbonyl (C=O) groups is 2. The minimum atomic E-state index is -3.50. The third-order valence-electron chi connectivity index (χ3n) is 1.78. The lowest BCUT2D eigenvalue weighted by Gasteiger charge is -2.16. The van der Waals surface area contributed by atoms with Gasteiger partial charge in [0.2, 0.25) is 11.8 Å². The molecular weight excluding hydrogens is 232 g/mol. The minimum absolute atomic E-state index is 0.00386. The average molecular weight is 258 g/mol. The molecule has 0 aliphatic rings. The number of hydrogen-bond acceptors (Lipinski definition) is 3. The van der Waals surface area contributed by atoms with Crippen LogP contribution in [0.5, 0.6) is 0 Å². The van der Waals surface area contributed by atoms with Crippen LogP contribution in [-0.4, -0.2) is 31.4 Å². The van der Waals surface area contributed by atoms with Crippen LogP contribution in [0.25, 0.3) is 0 Å².